The summed E-state index contributed by atoms with van der Waals surface area (Å²) in [5.74, 6) is -0.829. The lowest BCUT2D eigenvalue weighted by Gasteiger charge is -2.13. The molecular weight excluding hydrogens is 356 g/mol. The van der Waals surface area contributed by atoms with Gasteiger partial charge in [-0.1, -0.05) is 22.6 Å². The number of halogens is 4. The van der Waals surface area contributed by atoms with Gasteiger partial charge in [-0.15, -0.1) is 0 Å². The molecule has 1 aromatic carbocycles. The lowest BCUT2D eigenvalue weighted by Crippen LogP contribution is -2.15. The Balaban J connectivity index is 2.84. The maximum absolute atomic E-state index is 13.0. The second kappa shape index (κ2) is 4.40. The number of nitrogens with zero attached hydrogens (tertiary/aromatic N) is 2. The van der Waals surface area contributed by atoms with Crippen molar-refractivity contribution in [2.75, 3.05) is 0 Å². The minimum atomic E-state index is -4.43. The molecule has 1 aromatic heterocycles. The molecule has 1 heterocycles. The topological polar surface area (TPSA) is 17.8 Å². The highest BCUT2D eigenvalue weighted by Crippen LogP contribution is 2.35. The van der Waals surface area contributed by atoms with Gasteiger partial charge in [-0.05, 0) is 44.0 Å². The van der Waals surface area contributed by atoms with E-state index in [1.54, 1.807) is 19.1 Å². The van der Waals surface area contributed by atoms with Crippen LogP contribution in [0.3, 0.4) is 0 Å². The number of imidazole rings is 1. The predicted molar refractivity (Wildman–Crippen MR) is 72.9 cm³/mol. The zero-order valence-corrected chi connectivity index (χ0v) is 12.3. The van der Waals surface area contributed by atoms with Crippen molar-refractivity contribution < 1.29 is 13.2 Å². The molecule has 0 saturated heterocycles. The Kier molecular flexibility index (Phi) is 3.33. The molecule has 0 radical (unpaired) electrons. The van der Waals surface area contributed by atoms with Gasteiger partial charge in [0, 0.05) is 0 Å². The van der Waals surface area contributed by atoms with Gasteiger partial charge in [0.15, 0.2) is 0 Å². The van der Waals surface area contributed by atoms with Crippen molar-refractivity contribution in [1.29, 1.82) is 0 Å². The van der Waals surface area contributed by atoms with Crippen molar-refractivity contribution in [3.8, 4) is 0 Å². The molecule has 0 saturated carbocycles. The van der Waals surface area contributed by atoms with Crippen molar-refractivity contribution in [1.82, 2.24) is 9.55 Å². The number of aryl methyl sites for hydroxylation is 2. The summed E-state index contributed by atoms with van der Waals surface area (Å²) >= 11 is 1.96. The SMILES string of the molecule is Cc1cc2nc(C(F)(F)F)n(C(C)I)c2cc1C. The minimum absolute atomic E-state index is 0.314. The first-order chi connectivity index (χ1) is 8.21. The summed E-state index contributed by atoms with van der Waals surface area (Å²) in [5, 5.41) is 0. The van der Waals surface area contributed by atoms with Crippen molar-refractivity contribution >= 4 is 33.6 Å². The number of hydrogen-bond donors (Lipinski definition) is 0. The monoisotopic (exact) mass is 368 g/mol. The Bertz CT molecular complexity index is 599. The van der Waals surface area contributed by atoms with Gasteiger partial charge in [0.2, 0.25) is 5.82 Å². The van der Waals surface area contributed by atoms with Crippen LogP contribution in [0, 0.1) is 13.8 Å². The van der Waals surface area contributed by atoms with Gasteiger partial charge in [0.05, 0.1) is 15.1 Å². The summed E-state index contributed by atoms with van der Waals surface area (Å²) in [6.45, 7) is 5.47. The highest BCUT2D eigenvalue weighted by molar-refractivity contribution is 14.1. The average molecular weight is 368 g/mol. The van der Waals surface area contributed by atoms with Crippen molar-refractivity contribution in [2.45, 2.75) is 31.0 Å². The summed E-state index contributed by atoms with van der Waals surface area (Å²) < 4.78 is 39.8. The smallest absolute Gasteiger partial charge is 0.308 e. The molecule has 0 amide bonds. The van der Waals surface area contributed by atoms with Crippen LogP contribution in [0.25, 0.3) is 11.0 Å². The van der Waals surface area contributed by atoms with E-state index in [1.165, 1.54) is 4.57 Å². The Morgan fingerprint density at radius 3 is 2.28 bits per heavy atom. The van der Waals surface area contributed by atoms with Crippen LogP contribution in [0.15, 0.2) is 12.1 Å². The molecule has 1 atom stereocenters. The molecule has 1 unspecified atom stereocenters. The molecule has 2 rings (SSSR count). The lowest BCUT2D eigenvalue weighted by molar-refractivity contribution is -0.146. The van der Waals surface area contributed by atoms with Crippen LogP contribution in [0.2, 0.25) is 0 Å². The Hall–Kier alpha value is -0.790. The molecule has 0 aliphatic carbocycles. The van der Waals surface area contributed by atoms with Gasteiger partial charge in [-0.2, -0.15) is 13.2 Å². The summed E-state index contributed by atoms with van der Waals surface area (Å²) in [6.07, 6.45) is -4.43. The molecule has 2 aromatic rings. The molecule has 0 fully saturated rings. The number of alkyl halides is 4. The van der Waals surface area contributed by atoms with E-state index in [-0.39, 0.29) is 4.05 Å². The van der Waals surface area contributed by atoms with Crippen LogP contribution >= 0.6 is 22.6 Å². The molecule has 6 heteroatoms. The fourth-order valence-corrected chi connectivity index (χ4v) is 2.47. The van der Waals surface area contributed by atoms with E-state index < -0.39 is 12.0 Å². The number of hydrogen-bond acceptors (Lipinski definition) is 1. The molecular formula is C12H12F3IN2. The molecule has 0 aliphatic rings. The van der Waals surface area contributed by atoms with Crippen LogP contribution in [0.1, 0.15) is 27.9 Å². The first-order valence-electron chi connectivity index (χ1n) is 5.42. The largest absolute Gasteiger partial charge is 0.449 e. The number of fused-ring (bicyclic) bond motifs is 1. The van der Waals surface area contributed by atoms with Gasteiger partial charge in [0.1, 0.15) is 0 Å². The van der Waals surface area contributed by atoms with Gasteiger partial charge in [-0.25, -0.2) is 4.98 Å². The van der Waals surface area contributed by atoms with Gasteiger partial charge < -0.3 is 4.57 Å². The molecule has 98 valence electrons. The molecule has 18 heavy (non-hydrogen) atoms. The zero-order valence-electron chi connectivity index (χ0n) is 10.1. The highest BCUT2D eigenvalue weighted by Gasteiger charge is 2.38. The number of rotatable bonds is 1. The molecule has 0 N–H and O–H groups in total. The maximum atomic E-state index is 13.0. The van der Waals surface area contributed by atoms with E-state index in [9.17, 15) is 13.2 Å². The van der Waals surface area contributed by atoms with Crippen molar-refractivity contribution in [3.05, 3.63) is 29.1 Å². The summed E-state index contributed by atoms with van der Waals surface area (Å²) in [4.78, 5) is 3.74. The first-order valence-corrected chi connectivity index (χ1v) is 6.67. The van der Waals surface area contributed by atoms with Crippen LogP contribution in [0.4, 0.5) is 13.2 Å². The van der Waals surface area contributed by atoms with E-state index >= 15 is 0 Å². The third-order valence-electron chi connectivity index (χ3n) is 2.91. The normalized spacial score (nSPS) is 14.2. The Morgan fingerprint density at radius 1 is 1.22 bits per heavy atom. The van der Waals surface area contributed by atoms with E-state index in [0.717, 1.165) is 11.1 Å². The fraction of sp³-hybridized carbons (Fsp3) is 0.417. The van der Waals surface area contributed by atoms with Gasteiger partial charge >= 0.3 is 6.18 Å². The minimum Gasteiger partial charge on any atom is -0.308 e. The molecule has 0 spiro atoms. The van der Waals surface area contributed by atoms with E-state index in [0.29, 0.717) is 11.0 Å². The third-order valence-corrected chi connectivity index (χ3v) is 3.47. The molecule has 0 aliphatic heterocycles. The van der Waals surface area contributed by atoms with Crippen molar-refractivity contribution in [2.24, 2.45) is 0 Å². The van der Waals surface area contributed by atoms with Gasteiger partial charge in [-0.3, -0.25) is 0 Å². The highest BCUT2D eigenvalue weighted by atomic mass is 127. The predicted octanol–water partition coefficient (Wildman–Crippen LogP) is 4.63. The van der Waals surface area contributed by atoms with E-state index in [2.05, 4.69) is 4.98 Å². The summed E-state index contributed by atoms with van der Waals surface area (Å²) in [7, 11) is 0. The summed E-state index contributed by atoms with van der Waals surface area (Å²) in [6, 6.07) is 3.47. The first kappa shape index (κ1) is 13.6. The zero-order chi connectivity index (χ0) is 13.7. The number of aromatic nitrogens is 2. The summed E-state index contributed by atoms with van der Waals surface area (Å²) in [5.41, 5.74) is 2.85. The van der Waals surface area contributed by atoms with Crippen LogP contribution < -0.4 is 0 Å². The lowest BCUT2D eigenvalue weighted by atomic mass is 10.1. The molecule has 2 nitrogen and oxygen atoms in total. The van der Waals surface area contributed by atoms with Crippen LogP contribution in [0.5, 0.6) is 0 Å². The number of benzene rings is 1. The Labute approximate surface area is 116 Å². The Morgan fingerprint density at radius 2 is 1.78 bits per heavy atom. The quantitative estimate of drug-likeness (QED) is 0.530. The standard InChI is InChI=1S/C12H12F3IN2/c1-6-4-9-10(5-7(6)2)18(8(3)16)11(17-9)12(13,14)15/h4-5,8H,1-3H3. The molecule has 0 bridgehead atoms. The van der Waals surface area contributed by atoms with E-state index in [4.69, 9.17) is 0 Å². The second-order valence-electron chi connectivity index (χ2n) is 4.30. The van der Waals surface area contributed by atoms with Crippen LogP contribution in [-0.4, -0.2) is 9.55 Å². The third kappa shape index (κ3) is 2.22. The van der Waals surface area contributed by atoms with Gasteiger partial charge in [0.25, 0.3) is 0 Å². The average Bonchev–Trinajstić information content (AvgIpc) is 2.56. The maximum Gasteiger partial charge on any atom is 0.449 e. The fourth-order valence-electron chi connectivity index (χ4n) is 1.91. The second-order valence-corrected chi connectivity index (χ2v) is 6.11. The van der Waals surface area contributed by atoms with Crippen molar-refractivity contribution in [3.63, 3.8) is 0 Å². The van der Waals surface area contributed by atoms with E-state index in [1.807, 2.05) is 36.4 Å². The van der Waals surface area contributed by atoms with Crippen LogP contribution in [-0.2, 0) is 6.18 Å².